The van der Waals surface area contributed by atoms with Crippen molar-refractivity contribution in [3.05, 3.63) is 16.1 Å². The molecule has 0 radical (unpaired) electrons. The molecule has 0 bridgehead atoms. The molecule has 60 valence electrons. The van der Waals surface area contributed by atoms with Crippen LogP contribution in [0.5, 0.6) is 0 Å². The van der Waals surface area contributed by atoms with E-state index in [-0.39, 0.29) is 6.73 Å². The molecule has 11 heavy (non-hydrogen) atoms. The molecule has 1 heterocycles. The molecule has 0 amide bonds. The van der Waals surface area contributed by atoms with Crippen molar-refractivity contribution in [3.8, 4) is 0 Å². The largest absolute Gasteiger partial charge is 0.446 e. The van der Waals surface area contributed by atoms with Crippen LogP contribution in [-0.4, -0.2) is 17.7 Å². The average Bonchev–Trinajstić information content (AvgIpc) is 2.36. The predicted molar refractivity (Wildman–Crippen MR) is 41.3 cm³/mol. The van der Waals surface area contributed by atoms with Gasteiger partial charge in [0.05, 0.1) is 11.2 Å². The lowest BCUT2D eigenvalue weighted by Crippen LogP contribution is -2.11. The second-order valence-corrected chi connectivity index (χ2v) is 2.72. The smallest absolute Gasteiger partial charge is 0.351 e. The van der Waals surface area contributed by atoms with Gasteiger partial charge in [-0.3, -0.25) is 5.73 Å². The van der Waals surface area contributed by atoms with Crippen LogP contribution in [0.2, 0.25) is 0 Å². The predicted octanol–water partition coefficient (Wildman–Crippen LogP) is 0.525. The van der Waals surface area contributed by atoms with E-state index in [1.165, 1.54) is 11.3 Å². The van der Waals surface area contributed by atoms with Gasteiger partial charge in [-0.25, -0.2) is 9.78 Å². The molecular formula is C6H8N2O2S. The third-order valence-electron chi connectivity index (χ3n) is 1.15. The molecule has 0 aliphatic heterocycles. The van der Waals surface area contributed by atoms with Crippen molar-refractivity contribution in [2.45, 2.75) is 6.92 Å². The normalized spacial score (nSPS) is 9.64. The van der Waals surface area contributed by atoms with E-state index in [0.29, 0.717) is 10.6 Å². The Morgan fingerprint density at radius 1 is 1.91 bits per heavy atom. The second kappa shape index (κ2) is 3.45. The van der Waals surface area contributed by atoms with Crippen molar-refractivity contribution in [1.29, 1.82) is 0 Å². The fourth-order valence-corrected chi connectivity index (χ4v) is 1.33. The second-order valence-electron chi connectivity index (χ2n) is 1.87. The van der Waals surface area contributed by atoms with E-state index in [1.54, 1.807) is 12.4 Å². The third kappa shape index (κ3) is 1.75. The van der Waals surface area contributed by atoms with Gasteiger partial charge in [-0.05, 0) is 6.92 Å². The fourth-order valence-electron chi connectivity index (χ4n) is 0.639. The maximum Gasteiger partial charge on any atom is 0.351 e. The Morgan fingerprint density at radius 2 is 2.64 bits per heavy atom. The fraction of sp³-hybridized carbons (Fsp3) is 0.333. The van der Waals surface area contributed by atoms with E-state index < -0.39 is 5.97 Å². The SMILES string of the molecule is Cc1ncsc1C(=O)OCN. The van der Waals surface area contributed by atoms with Crippen LogP contribution in [0, 0.1) is 6.92 Å². The monoisotopic (exact) mass is 172 g/mol. The van der Waals surface area contributed by atoms with Crippen molar-refractivity contribution in [1.82, 2.24) is 4.98 Å². The molecule has 2 N–H and O–H groups in total. The Hall–Kier alpha value is -0.940. The van der Waals surface area contributed by atoms with Crippen LogP contribution in [0.1, 0.15) is 15.4 Å². The summed E-state index contributed by atoms with van der Waals surface area (Å²) in [4.78, 5) is 15.4. The van der Waals surface area contributed by atoms with Crippen LogP contribution in [0.25, 0.3) is 0 Å². The first-order valence-electron chi connectivity index (χ1n) is 3.03. The first kappa shape index (κ1) is 8.16. The number of carbonyl (C=O) groups excluding carboxylic acids is 1. The van der Waals surface area contributed by atoms with Gasteiger partial charge in [-0.15, -0.1) is 11.3 Å². The third-order valence-corrected chi connectivity index (χ3v) is 2.05. The summed E-state index contributed by atoms with van der Waals surface area (Å²) >= 11 is 1.26. The number of hydrogen-bond donors (Lipinski definition) is 1. The molecule has 5 heteroatoms. The number of rotatable bonds is 2. The summed E-state index contributed by atoms with van der Waals surface area (Å²) in [6.45, 7) is 1.67. The molecule has 0 saturated carbocycles. The molecule has 0 aliphatic rings. The van der Waals surface area contributed by atoms with Gasteiger partial charge in [0, 0.05) is 0 Å². The van der Waals surface area contributed by atoms with Crippen LogP contribution < -0.4 is 5.73 Å². The molecule has 0 spiro atoms. The maximum absolute atomic E-state index is 11.0. The van der Waals surface area contributed by atoms with Gasteiger partial charge >= 0.3 is 5.97 Å². The van der Waals surface area contributed by atoms with Gasteiger partial charge in [-0.2, -0.15) is 0 Å². The molecule has 1 aromatic rings. The number of hydrogen-bond acceptors (Lipinski definition) is 5. The van der Waals surface area contributed by atoms with E-state index in [2.05, 4.69) is 9.72 Å². The van der Waals surface area contributed by atoms with E-state index in [1.807, 2.05) is 0 Å². The zero-order valence-corrected chi connectivity index (χ0v) is 6.85. The van der Waals surface area contributed by atoms with Gasteiger partial charge in [0.2, 0.25) is 0 Å². The average molecular weight is 172 g/mol. The summed E-state index contributed by atoms with van der Waals surface area (Å²) in [7, 11) is 0. The van der Waals surface area contributed by atoms with Crippen molar-refractivity contribution >= 4 is 17.3 Å². The highest BCUT2D eigenvalue weighted by atomic mass is 32.1. The van der Waals surface area contributed by atoms with Crippen molar-refractivity contribution in [3.63, 3.8) is 0 Å². The summed E-state index contributed by atoms with van der Waals surface area (Å²) in [5.41, 5.74) is 7.31. The molecule has 0 atom stereocenters. The van der Waals surface area contributed by atoms with Crippen LogP contribution in [0.15, 0.2) is 5.51 Å². The molecular weight excluding hydrogens is 164 g/mol. The summed E-state index contributed by atoms with van der Waals surface area (Å²) in [5.74, 6) is -0.396. The summed E-state index contributed by atoms with van der Waals surface area (Å²) in [6, 6.07) is 0. The standard InChI is InChI=1S/C6H8N2O2S/c1-4-5(11-3-8-4)6(9)10-2-7/h3H,2,7H2,1H3. The molecule has 0 unspecified atom stereocenters. The zero-order chi connectivity index (χ0) is 8.27. The number of nitrogens with zero attached hydrogens (tertiary/aromatic N) is 1. The molecule has 1 rings (SSSR count). The zero-order valence-electron chi connectivity index (χ0n) is 6.03. The van der Waals surface area contributed by atoms with Gasteiger partial charge in [-0.1, -0.05) is 0 Å². The number of carbonyl (C=O) groups is 1. The number of aryl methyl sites for hydroxylation is 1. The molecule has 0 aliphatic carbocycles. The van der Waals surface area contributed by atoms with Crippen LogP contribution >= 0.6 is 11.3 Å². The number of nitrogens with two attached hydrogens (primary N) is 1. The van der Waals surface area contributed by atoms with E-state index in [4.69, 9.17) is 5.73 Å². The Balaban J connectivity index is 2.76. The van der Waals surface area contributed by atoms with E-state index >= 15 is 0 Å². The first-order valence-corrected chi connectivity index (χ1v) is 3.91. The topological polar surface area (TPSA) is 65.2 Å². The van der Waals surface area contributed by atoms with Crippen LogP contribution in [0.4, 0.5) is 0 Å². The van der Waals surface area contributed by atoms with Gasteiger partial charge in [0.1, 0.15) is 11.6 Å². The number of thiazole rings is 1. The van der Waals surface area contributed by atoms with E-state index in [9.17, 15) is 4.79 Å². The van der Waals surface area contributed by atoms with Gasteiger partial charge in [0.15, 0.2) is 0 Å². The molecule has 0 aromatic carbocycles. The maximum atomic E-state index is 11.0. The van der Waals surface area contributed by atoms with E-state index in [0.717, 1.165) is 0 Å². The van der Waals surface area contributed by atoms with Crippen molar-refractivity contribution in [2.75, 3.05) is 6.73 Å². The highest BCUT2D eigenvalue weighted by Gasteiger charge is 2.11. The number of aromatic nitrogens is 1. The highest BCUT2D eigenvalue weighted by molar-refractivity contribution is 7.11. The van der Waals surface area contributed by atoms with Crippen molar-refractivity contribution < 1.29 is 9.53 Å². The van der Waals surface area contributed by atoms with Gasteiger partial charge < -0.3 is 4.74 Å². The molecule has 1 aromatic heterocycles. The van der Waals surface area contributed by atoms with Crippen LogP contribution in [-0.2, 0) is 4.74 Å². The lowest BCUT2D eigenvalue weighted by Gasteiger charge is -1.97. The molecule has 0 saturated heterocycles. The van der Waals surface area contributed by atoms with Crippen molar-refractivity contribution in [2.24, 2.45) is 5.73 Å². The minimum atomic E-state index is -0.396. The molecule has 4 nitrogen and oxygen atoms in total. The first-order chi connectivity index (χ1) is 5.25. The molecule has 0 fully saturated rings. The Bertz CT molecular complexity index is 259. The lowest BCUT2D eigenvalue weighted by atomic mass is 10.4. The number of ether oxygens (including phenoxy) is 1. The van der Waals surface area contributed by atoms with Gasteiger partial charge in [0.25, 0.3) is 0 Å². The Morgan fingerprint density at radius 3 is 3.09 bits per heavy atom. The quantitative estimate of drug-likeness (QED) is 0.522. The number of esters is 1. The summed E-state index contributed by atoms with van der Waals surface area (Å²) in [5, 5.41) is 0. The minimum absolute atomic E-state index is 0.0871. The minimum Gasteiger partial charge on any atom is -0.446 e. The summed E-state index contributed by atoms with van der Waals surface area (Å²) in [6.07, 6.45) is 0. The Kier molecular flexibility index (Phi) is 2.56. The lowest BCUT2D eigenvalue weighted by molar-refractivity contribution is 0.0520. The highest BCUT2D eigenvalue weighted by Crippen LogP contribution is 2.12. The Labute approximate surface area is 68.0 Å². The summed E-state index contributed by atoms with van der Waals surface area (Å²) < 4.78 is 4.58. The van der Waals surface area contributed by atoms with Crippen LogP contribution in [0.3, 0.4) is 0 Å².